The monoisotopic (exact) mass is 547 g/mol. The van der Waals surface area contributed by atoms with Crippen molar-refractivity contribution in [2.45, 2.75) is 51.6 Å². The molecule has 0 bridgehead atoms. The molecule has 1 aromatic heterocycles. The Hall–Kier alpha value is -3.24. The average Bonchev–Trinajstić information content (AvgIpc) is 2.96. The maximum atomic E-state index is 13.8. The molecule has 3 aromatic rings. The van der Waals surface area contributed by atoms with Gasteiger partial charge in [0.15, 0.2) is 17.5 Å². The van der Waals surface area contributed by atoms with E-state index in [-0.39, 0.29) is 0 Å². The fourth-order valence-electron chi connectivity index (χ4n) is 5.58. The molecule has 4 rings (SSSR count). The molecule has 1 amide bonds. The number of pyridine rings is 1. The van der Waals surface area contributed by atoms with Crippen molar-refractivity contribution in [3.63, 3.8) is 0 Å². The fourth-order valence-corrected chi connectivity index (χ4v) is 5.58. The largest absolute Gasteiger partial charge is 0.497 e. The first kappa shape index (κ1) is 28.8. The molecule has 210 valence electrons. The minimum atomic E-state index is -1.47. The van der Waals surface area contributed by atoms with Crippen molar-refractivity contribution in [1.29, 1.82) is 0 Å². The second-order valence-electron chi connectivity index (χ2n) is 10.2. The van der Waals surface area contributed by atoms with Gasteiger partial charge < -0.3 is 9.64 Å². The van der Waals surface area contributed by atoms with E-state index < -0.39 is 35.4 Å². The normalized spacial score (nSPS) is 15.4. The van der Waals surface area contributed by atoms with Crippen molar-refractivity contribution in [2.24, 2.45) is 5.41 Å². The maximum absolute atomic E-state index is 13.8. The number of rotatable bonds is 11. The van der Waals surface area contributed by atoms with E-state index >= 15 is 0 Å². The summed E-state index contributed by atoms with van der Waals surface area (Å²) >= 11 is 0. The number of hydroxylamine groups is 1. The standard InChI is InChI=1S/C29H33F4N3O3/c1-39-21-6-7-26-23(16-21)22(20(17-30)18-34-26)5-2-8-29(28(37)35-38)9-12-36(13-10-29)11-3-4-19-14-24(31)27(33)25(32)15-19/h6-7,14-16,18,38H,2-5,8-13,17H2,1H3,(H,35,37). The lowest BCUT2D eigenvalue weighted by Gasteiger charge is -2.40. The highest BCUT2D eigenvalue weighted by atomic mass is 19.2. The minimum absolute atomic E-state index is 0.395. The van der Waals surface area contributed by atoms with Crippen molar-refractivity contribution < 1.29 is 32.3 Å². The van der Waals surface area contributed by atoms with Crippen LogP contribution in [0.4, 0.5) is 17.6 Å². The first-order valence-corrected chi connectivity index (χ1v) is 13.1. The Labute approximate surface area is 224 Å². The molecule has 0 unspecified atom stereocenters. The molecule has 0 saturated carbocycles. The second kappa shape index (κ2) is 12.7. The summed E-state index contributed by atoms with van der Waals surface area (Å²) in [5.41, 5.74) is 3.56. The Morgan fingerprint density at radius 2 is 1.82 bits per heavy atom. The number of nitrogens with zero attached hydrogens (tertiary/aromatic N) is 2. The number of piperidine rings is 1. The number of amides is 1. The summed E-state index contributed by atoms with van der Waals surface area (Å²) in [6, 6.07) is 7.52. The van der Waals surface area contributed by atoms with Gasteiger partial charge in [-0.25, -0.2) is 23.0 Å². The predicted molar refractivity (Wildman–Crippen MR) is 139 cm³/mol. The number of methoxy groups -OCH3 is 1. The highest BCUT2D eigenvalue weighted by Gasteiger charge is 2.40. The number of aromatic nitrogens is 1. The molecular weight excluding hydrogens is 514 g/mol. The van der Waals surface area contributed by atoms with Crippen LogP contribution < -0.4 is 10.2 Å². The summed E-state index contributed by atoms with van der Waals surface area (Å²) in [4.78, 5) is 19.3. The molecule has 0 atom stereocenters. The van der Waals surface area contributed by atoms with Crippen molar-refractivity contribution in [2.75, 3.05) is 26.7 Å². The number of likely N-dealkylation sites (tertiary alicyclic amines) is 1. The number of fused-ring (bicyclic) bond motifs is 1. The van der Waals surface area contributed by atoms with Gasteiger partial charge in [0.25, 0.3) is 0 Å². The van der Waals surface area contributed by atoms with E-state index in [9.17, 15) is 27.6 Å². The Morgan fingerprint density at radius 1 is 1.10 bits per heavy atom. The smallest absolute Gasteiger partial charge is 0.249 e. The van der Waals surface area contributed by atoms with Crippen LogP contribution in [0, 0.1) is 22.9 Å². The van der Waals surface area contributed by atoms with Gasteiger partial charge in [0.1, 0.15) is 12.4 Å². The Balaban J connectivity index is 1.37. The molecule has 6 nitrogen and oxygen atoms in total. The van der Waals surface area contributed by atoms with Crippen LogP contribution in [0.2, 0.25) is 0 Å². The second-order valence-corrected chi connectivity index (χ2v) is 10.2. The summed E-state index contributed by atoms with van der Waals surface area (Å²) < 4.78 is 59.3. The number of benzene rings is 2. The SMILES string of the molecule is COc1ccc2ncc(CF)c(CCCC3(C(=O)NO)CCN(CCCc4cc(F)c(F)c(F)c4)CC3)c2c1. The quantitative estimate of drug-likeness (QED) is 0.140. The number of carbonyl (C=O) groups is 1. The summed E-state index contributed by atoms with van der Waals surface area (Å²) in [6.07, 6.45) is 5.29. The zero-order valence-electron chi connectivity index (χ0n) is 21.9. The van der Waals surface area contributed by atoms with Gasteiger partial charge in [-0.1, -0.05) is 0 Å². The number of alkyl halides is 1. The van der Waals surface area contributed by atoms with Crippen LogP contribution in [0.1, 0.15) is 48.8 Å². The van der Waals surface area contributed by atoms with Crippen molar-refractivity contribution in [3.8, 4) is 5.75 Å². The molecule has 0 radical (unpaired) electrons. The van der Waals surface area contributed by atoms with E-state index in [1.54, 1.807) is 19.4 Å². The molecule has 2 N–H and O–H groups in total. The van der Waals surface area contributed by atoms with Crippen LogP contribution in [-0.2, 0) is 24.3 Å². The molecule has 1 aliphatic heterocycles. The lowest BCUT2D eigenvalue weighted by molar-refractivity contribution is -0.143. The average molecular weight is 548 g/mol. The molecule has 1 saturated heterocycles. The number of aryl methyl sites for hydroxylation is 2. The summed E-state index contributed by atoms with van der Waals surface area (Å²) in [5.74, 6) is -3.63. The Kier molecular flexibility index (Phi) is 9.40. The lowest BCUT2D eigenvalue weighted by atomic mass is 9.73. The third-order valence-electron chi connectivity index (χ3n) is 7.88. The van der Waals surface area contributed by atoms with Gasteiger partial charge in [0, 0.05) is 17.1 Å². The first-order chi connectivity index (χ1) is 18.8. The third kappa shape index (κ3) is 6.50. The van der Waals surface area contributed by atoms with Crippen LogP contribution in [0.25, 0.3) is 10.9 Å². The van der Waals surface area contributed by atoms with E-state index in [0.29, 0.717) is 81.5 Å². The number of halogens is 4. The van der Waals surface area contributed by atoms with Crippen LogP contribution >= 0.6 is 0 Å². The molecule has 39 heavy (non-hydrogen) atoms. The zero-order chi connectivity index (χ0) is 28.0. The van der Waals surface area contributed by atoms with Gasteiger partial charge in [0.05, 0.1) is 18.0 Å². The van der Waals surface area contributed by atoms with Gasteiger partial charge >= 0.3 is 0 Å². The lowest BCUT2D eigenvalue weighted by Crippen LogP contribution is -2.48. The van der Waals surface area contributed by atoms with Gasteiger partial charge in [0.2, 0.25) is 5.91 Å². The Morgan fingerprint density at radius 3 is 2.46 bits per heavy atom. The minimum Gasteiger partial charge on any atom is -0.497 e. The first-order valence-electron chi connectivity index (χ1n) is 13.1. The number of hydrogen-bond donors (Lipinski definition) is 2. The number of nitrogens with one attached hydrogen (secondary N) is 1. The molecule has 0 aliphatic carbocycles. The summed E-state index contributed by atoms with van der Waals surface area (Å²) in [7, 11) is 1.57. The number of ether oxygens (including phenoxy) is 1. The van der Waals surface area contributed by atoms with Crippen molar-refractivity contribution in [1.82, 2.24) is 15.4 Å². The van der Waals surface area contributed by atoms with E-state index in [0.717, 1.165) is 28.6 Å². The van der Waals surface area contributed by atoms with Gasteiger partial charge in [-0.3, -0.25) is 15.0 Å². The fraction of sp³-hybridized carbons (Fsp3) is 0.448. The molecule has 0 spiro atoms. The van der Waals surface area contributed by atoms with Gasteiger partial charge in [-0.15, -0.1) is 0 Å². The number of hydrogen-bond acceptors (Lipinski definition) is 5. The van der Waals surface area contributed by atoms with Crippen LogP contribution in [0.5, 0.6) is 5.75 Å². The topological polar surface area (TPSA) is 74.7 Å². The molecule has 10 heteroatoms. The highest BCUT2D eigenvalue weighted by molar-refractivity contribution is 5.84. The third-order valence-corrected chi connectivity index (χ3v) is 7.88. The zero-order valence-corrected chi connectivity index (χ0v) is 21.9. The van der Waals surface area contributed by atoms with Crippen molar-refractivity contribution in [3.05, 3.63) is 70.7 Å². The van der Waals surface area contributed by atoms with Gasteiger partial charge in [-0.05, 0) is 106 Å². The maximum Gasteiger partial charge on any atom is 0.249 e. The molecule has 1 aliphatic rings. The van der Waals surface area contributed by atoms with E-state index in [2.05, 4.69) is 9.88 Å². The predicted octanol–water partition coefficient (Wildman–Crippen LogP) is 5.67. The summed E-state index contributed by atoms with van der Waals surface area (Å²) in [6.45, 7) is 1.24. The van der Waals surface area contributed by atoms with Gasteiger partial charge in [-0.2, -0.15) is 0 Å². The van der Waals surface area contributed by atoms with E-state index in [4.69, 9.17) is 4.74 Å². The van der Waals surface area contributed by atoms with Crippen molar-refractivity contribution >= 4 is 16.8 Å². The number of carbonyl (C=O) groups excluding carboxylic acids is 1. The molecule has 2 aromatic carbocycles. The van der Waals surface area contributed by atoms with E-state index in [1.165, 1.54) is 0 Å². The molecule has 1 fully saturated rings. The molecule has 2 heterocycles. The Bertz CT molecular complexity index is 1280. The van der Waals surface area contributed by atoms with E-state index in [1.807, 2.05) is 17.6 Å². The summed E-state index contributed by atoms with van der Waals surface area (Å²) in [5, 5.41) is 10.3. The van der Waals surface area contributed by atoms with Crippen LogP contribution in [0.3, 0.4) is 0 Å². The van der Waals surface area contributed by atoms with Crippen LogP contribution in [-0.4, -0.2) is 47.7 Å². The highest BCUT2D eigenvalue weighted by Crippen LogP contribution is 2.38. The molecular formula is C29H33F4N3O3. The van der Waals surface area contributed by atoms with Crippen LogP contribution in [0.15, 0.2) is 36.5 Å².